The molecule has 0 rings (SSSR count). The predicted octanol–water partition coefficient (Wildman–Crippen LogP) is 0.417. The number of hydrogen-bond acceptors (Lipinski definition) is 4. The van der Waals surface area contributed by atoms with Crippen LogP contribution >= 0.6 is 0 Å². The van der Waals surface area contributed by atoms with Crippen LogP contribution < -0.4 is 11.5 Å². The fourth-order valence-electron chi connectivity index (χ4n) is 1.08. The SMILES string of the molecule is CCCO[Si](C)(CC(N)CN)OC. The summed E-state index contributed by atoms with van der Waals surface area (Å²) in [6.07, 6.45) is 1.00. The molecule has 0 saturated carbocycles. The van der Waals surface area contributed by atoms with Gasteiger partial charge in [0.1, 0.15) is 0 Å². The Morgan fingerprint density at radius 3 is 2.46 bits per heavy atom. The molecular formula is C8H22N2O2Si. The lowest BCUT2D eigenvalue weighted by Crippen LogP contribution is -2.45. The molecule has 0 aromatic carbocycles. The molecule has 0 aliphatic heterocycles. The van der Waals surface area contributed by atoms with E-state index in [4.69, 9.17) is 20.3 Å². The van der Waals surface area contributed by atoms with Crippen molar-refractivity contribution in [2.45, 2.75) is 32.0 Å². The van der Waals surface area contributed by atoms with Gasteiger partial charge in [0, 0.05) is 32.3 Å². The Bertz CT molecular complexity index is 137. The second-order valence-corrected chi connectivity index (χ2v) is 6.76. The van der Waals surface area contributed by atoms with Gasteiger partial charge in [0.25, 0.3) is 0 Å². The predicted molar refractivity (Wildman–Crippen MR) is 56.7 cm³/mol. The molecule has 5 heteroatoms. The zero-order valence-corrected chi connectivity index (χ0v) is 9.88. The van der Waals surface area contributed by atoms with Crippen LogP contribution in [0.5, 0.6) is 0 Å². The Kier molecular flexibility index (Phi) is 6.53. The van der Waals surface area contributed by atoms with Gasteiger partial charge in [0.2, 0.25) is 0 Å². The first-order valence-corrected chi connectivity index (χ1v) is 7.25. The average molecular weight is 206 g/mol. The maximum Gasteiger partial charge on any atom is 0.336 e. The molecule has 80 valence electrons. The van der Waals surface area contributed by atoms with Crippen LogP contribution in [0, 0.1) is 0 Å². The normalized spacial score (nSPS) is 18.2. The highest BCUT2D eigenvalue weighted by Gasteiger charge is 2.31. The van der Waals surface area contributed by atoms with Crippen molar-refractivity contribution in [3.8, 4) is 0 Å². The van der Waals surface area contributed by atoms with E-state index in [1.807, 2.05) is 6.55 Å². The molecule has 0 fully saturated rings. The highest BCUT2D eigenvalue weighted by Crippen LogP contribution is 2.14. The molecule has 0 heterocycles. The third-order valence-corrected chi connectivity index (χ3v) is 4.92. The van der Waals surface area contributed by atoms with E-state index in [0.29, 0.717) is 6.54 Å². The van der Waals surface area contributed by atoms with Gasteiger partial charge in [-0.1, -0.05) is 6.92 Å². The summed E-state index contributed by atoms with van der Waals surface area (Å²) in [6.45, 7) is 5.33. The van der Waals surface area contributed by atoms with Crippen LogP contribution in [-0.4, -0.2) is 34.9 Å². The third-order valence-electron chi connectivity index (χ3n) is 1.98. The van der Waals surface area contributed by atoms with Gasteiger partial charge in [-0.15, -0.1) is 0 Å². The summed E-state index contributed by atoms with van der Waals surface area (Å²) in [5.41, 5.74) is 11.2. The van der Waals surface area contributed by atoms with Crippen LogP contribution in [0.25, 0.3) is 0 Å². The molecule has 0 spiro atoms. The Morgan fingerprint density at radius 1 is 1.46 bits per heavy atom. The zero-order valence-electron chi connectivity index (χ0n) is 8.88. The molecule has 0 bridgehead atoms. The Hall–Kier alpha value is 0.0569. The lowest BCUT2D eigenvalue weighted by molar-refractivity contribution is 0.202. The van der Waals surface area contributed by atoms with Crippen LogP contribution in [0.15, 0.2) is 0 Å². The van der Waals surface area contributed by atoms with Crippen molar-refractivity contribution >= 4 is 8.56 Å². The van der Waals surface area contributed by atoms with Gasteiger partial charge in [-0.3, -0.25) is 0 Å². The number of hydrogen-bond donors (Lipinski definition) is 2. The van der Waals surface area contributed by atoms with E-state index in [9.17, 15) is 0 Å². The van der Waals surface area contributed by atoms with Crippen molar-refractivity contribution in [2.24, 2.45) is 11.5 Å². The van der Waals surface area contributed by atoms with Crippen molar-refractivity contribution in [3.63, 3.8) is 0 Å². The summed E-state index contributed by atoms with van der Waals surface area (Å²) in [4.78, 5) is 0. The van der Waals surface area contributed by atoms with E-state index < -0.39 is 8.56 Å². The summed E-state index contributed by atoms with van der Waals surface area (Å²) < 4.78 is 11.1. The fraction of sp³-hybridized carbons (Fsp3) is 1.00. The molecule has 0 aromatic heterocycles. The molecular weight excluding hydrogens is 184 g/mol. The van der Waals surface area contributed by atoms with Gasteiger partial charge < -0.3 is 20.3 Å². The second kappa shape index (κ2) is 6.50. The molecule has 4 N–H and O–H groups in total. The first-order chi connectivity index (χ1) is 6.08. The molecule has 0 aromatic rings. The molecule has 2 atom stereocenters. The van der Waals surface area contributed by atoms with E-state index in [0.717, 1.165) is 19.1 Å². The van der Waals surface area contributed by atoms with Crippen molar-refractivity contribution in [2.75, 3.05) is 20.3 Å². The van der Waals surface area contributed by atoms with E-state index in [1.165, 1.54) is 0 Å². The van der Waals surface area contributed by atoms with Crippen molar-refractivity contribution in [1.82, 2.24) is 0 Å². The van der Waals surface area contributed by atoms with Gasteiger partial charge in [-0.2, -0.15) is 0 Å². The molecule has 4 nitrogen and oxygen atoms in total. The Balaban J connectivity index is 3.94. The minimum Gasteiger partial charge on any atom is -0.398 e. The van der Waals surface area contributed by atoms with Crippen molar-refractivity contribution in [1.29, 1.82) is 0 Å². The van der Waals surface area contributed by atoms with E-state index in [1.54, 1.807) is 7.11 Å². The number of rotatable bonds is 7. The number of nitrogens with two attached hydrogens (primary N) is 2. The minimum atomic E-state index is -2.03. The lowest BCUT2D eigenvalue weighted by Gasteiger charge is -2.27. The molecule has 0 aliphatic rings. The van der Waals surface area contributed by atoms with Gasteiger partial charge in [0.05, 0.1) is 0 Å². The molecule has 2 unspecified atom stereocenters. The highest BCUT2D eigenvalue weighted by molar-refractivity contribution is 6.66. The van der Waals surface area contributed by atoms with Crippen molar-refractivity contribution < 1.29 is 8.85 Å². The summed E-state index contributed by atoms with van der Waals surface area (Å²) in [7, 11) is -0.348. The first-order valence-electron chi connectivity index (χ1n) is 4.72. The van der Waals surface area contributed by atoms with Crippen LogP contribution in [0.2, 0.25) is 12.6 Å². The summed E-state index contributed by atoms with van der Waals surface area (Å²) in [5.74, 6) is 0. The molecule has 0 saturated heterocycles. The maximum atomic E-state index is 5.76. The van der Waals surface area contributed by atoms with Crippen LogP contribution in [0.4, 0.5) is 0 Å². The van der Waals surface area contributed by atoms with Crippen LogP contribution in [0.3, 0.4) is 0 Å². The average Bonchev–Trinajstić information content (AvgIpc) is 2.14. The van der Waals surface area contributed by atoms with E-state index in [-0.39, 0.29) is 6.04 Å². The van der Waals surface area contributed by atoms with E-state index in [2.05, 4.69) is 6.92 Å². The monoisotopic (exact) mass is 206 g/mol. The van der Waals surface area contributed by atoms with Gasteiger partial charge >= 0.3 is 8.56 Å². The smallest absolute Gasteiger partial charge is 0.336 e. The van der Waals surface area contributed by atoms with E-state index >= 15 is 0 Å². The standard InChI is InChI=1S/C8H22N2O2Si/c1-4-5-12-13(3,11-2)7-8(10)6-9/h8H,4-7,9-10H2,1-3H3. The van der Waals surface area contributed by atoms with Gasteiger partial charge in [-0.05, 0) is 13.0 Å². The quantitative estimate of drug-likeness (QED) is 0.592. The molecule has 13 heavy (non-hydrogen) atoms. The fourth-order valence-corrected chi connectivity index (χ4v) is 3.24. The largest absolute Gasteiger partial charge is 0.398 e. The molecule has 0 radical (unpaired) electrons. The third kappa shape index (κ3) is 5.38. The maximum absolute atomic E-state index is 5.76. The Morgan fingerprint density at radius 2 is 2.08 bits per heavy atom. The molecule has 0 aliphatic carbocycles. The topological polar surface area (TPSA) is 70.5 Å². The highest BCUT2D eigenvalue weighted by atomic mass is 28.4. The minimum absolute atomic E-state index is 0.00604. The summed E-state index contributed by atoms with van der Waals surface area (Å²) in [5, 5.41) is 0. The summed E-state index contributed by atoms with van der Waals surface area (Å²) >= 11 is 0. The van der Waals surface area contributed by atoms with Crippen LogP contribution in [0.1, 0.15) is 13.3 Å². The second-order valence-electron chi connectivity index (χ2n) is 3.39. The van der Waals surface area contributed by atoms with Gasteiger partial charge in [-0.25, -0.2) is 0 Å². The lowest BCUT2D eigenvalue weighted by atomic mass is 10.4. The van der Waals surface area contributed by atoms with Gasteiger partial charge in [0.15, 0.2) is 0 Å². The zero-order chi connectivity index (χ0) is 10.3. The first kappa shape index (κ1) is 13.1. The Labute approximate surface area is 81.8 Å². The van der Waals surface area contributed by atoms with Crippen molar-refractivity contribution in [3.05, 3.63) is 0 Å². The van der Waals surface area contributed by atoms with Crippen LogP contribution in [-0.2, 0) is 8.85 Å². The molecule has 0 amide bonds. The summed E-state index contributed by atoms with van der Waals surface area (Å²) in [6, 6.07) is 0.758.